The van der Waals surface area contributed by atoms with Crippen molar-refractivity contribution in [3.63, 3.8) is 0 Å². The fraction of sp³-hybridized carbons (Fsp3) is 0.208. The number of hydrogen-bond donors (Lipinski definition) is 1. The molecular weight excluding hydrogens is 400 g/mol. The number of halogens is 1. The third kappa shape index (κ3) is 4.95. The molecule has 1 amide bonds. The molecule has 0 fully saturated rings. The Morgan fingerprint density at radius 2 is 1.76 bits per heavy atom. The number of nitrogens with zero attached hydrogens (tertiary/aromatic N) is 1. The van der Waals surface area contributed by atoms with Crippen molar-refractivity contribution >= 4 is 35.0 Å². The number of nitrogens with one attached hydrogen (secondary N) is 1. The quantitative estimate of drug-likeness (QED) is 0.573. The molecule has 0 bridgehead atoms. The van der Waals surface area contributed by atoms with Crippen molar-refractivity contribution < 1.29 is 4.79 Å². The molecule has 3 aromatic carbocycles. The third-order valence-corrected chi connectivity index (χ3v) is 6.34. The highest BCUT2D eigenvalue weighted by Gasteiger charge is 2.19. The minimum Gasteiger partial charge on any atom is -0.365 e. The summed E-state index contributed by atoms with van der Waals surface area (Å²) in [4.78, 5) is 16.3. The van der Waals surface area contributed by atoms with Gasteiger partial charge in [-0.25, -0.2) is 0 Å². The lowest BCUT2D eigenvalue weighted by molar-refractivity contribution is 0.0951. The Morgan fingerprint density at radius 3 is 2.52 bits per heavy atom. The number of benzene rings is 3. The molecule has 0 unspecified atom stereocenters. The summed E-state index contributed by atoms with van der Waals surface area (Å²) in [7, 11) is 0. The summed E-state index contributed by atoms with van der Waals surface area (Å²) in [6.45, 7) is 4.41. The van der Waals surface area contributed by atoms with Crippen molar-refractivity contribution in [3.05, 3.63) is 94.0 Å². The predicted molar refractivity (Wildman–Crippen MR) is 122 cm³/mol. The van der Waals surface area contributed by atoms with Crippen LogP contribution in [0.3, 0.4) is 0 Å². The van der Waals surface area contributed by atoms with E-state index in [0.717, 1.165) is 30.1 Å². The van der Waals surface area contributed by atoms with Crippen molar-refractivity contribution in [1.82, 2.24) is 5.32 Å². The molecule has 1 aliphatic heterocycles. The van der Waals surface area contributed by atoms with Crippen LogP contribution in [0.1, 0.15) is 27.0 Å². The lowest BCUT2D eigenvalue weighted by Gasteiger charge is -2.31. The molecule has 3 nitrogen and oxygen atoms in total. The van der Waals surface area contributed by atoms with Gasteiger partial charge in [-0.15, -0.1) is 11.8 Å². The lowest BCUT2D eigenvalue weighted by Crippen LogP contribution is -2.29. The maximum atomic E-state index is 12.7. The Hall–Kier alpha value is -2.43. The van der Waals surface area contributed by atoms with E-state index in [9.17, 15) is 4.79 Å². The highest BCUT2D eigenvalue weighted by molar-refractivity contribution is 7.99. The first-order chi connectivity index (χ1) is 14.1. The fourth-order valence-electron chi connectivity index (χ4n) is 3.38. The van der Waals surface area contributed by atoms with Gasteiger partial charge in [0.1, 0.15) is 0 Å². The van der Waals surface area contributed by atoms with E-state index in [1.807, 2.05) is 48.2 Å². The van der Waals surface area contributed by atoms with Crippen molar-refractivity contribution in [2.75, 3.05) is 17.2 Å². The number of rotatable bonds is 5. The maximum absolute atomic E-state index is 12.7. The van der Waals surface area contributed by atoms with Crippen LogP contribution in [0.2, 0.25) is 5.02 Å². The van der Waals surface area contributed by atoms with Gasteiger partial charge in [0.05, 0.1) is 5.69 Å². The Morgan fingerprint density at radius 1 is 1.03 bits per heavy atom. The van der Waals surface area contributed by atoms with Crippen LogP contribution < -0.4 is 10.2 Å². The Labute approximate surface area is 181 Å². The van der Waals surface area contributed by atoms with Gasteiger partial charge in [-0.05, 0) is 48.4 Å². The molecule has 0 atom stereocenters. The van der Waals surface area contributed by atoms with Crippen molar-refractivity contribution in [3.8, 4) is 0 Å². The second-order valence-electron chi connectivity index (χ2n) is 7.25. The first kappa shape index (κ1) is 19.9. The molecule has 29 heavy (non-hydrogen) atoms. The van der Waals surface area contributed by atoms with Crippen LogP contribution in [-0.2, 0) is 13.1 Å². The largest absolute Gasteiger partial charge is 0.365 e. The molecule has 1 aliphatic rings. The van der Waals surface area contributed by atoms with Gasteiger partial charge in [0, 0.05) is 40.9 Å². The predicted octanol–water partition coefficient (Wildman–Crippen LogP) is 5.69. The topological polar surface area (TPSA) is 32.3 Å². The summed E-state index contributed by atoms with van der Waals surface area (Å²) in [6, 6.07) is 22.2. The van der Waals surface area contributed by atoms with Crippen LogP contribution in [0.15, 0.2) is 71.6 Å². The highest BCUT2D eigenvalue weighted by Crippen LogP contribution is 2.36. The van der Waals surface area contributed by atoms with Gasteiger partial charge < -0.3 is 10.2 Å². The van der Waals surface area contributed by atoms with Crippen molar-refractivity contribution in [2.24, 2.45) is 0 Å². The number of amides is 1. The molecule has 0 saturated carbocycles. The number of carbonyl (C=O) groups is 1. The van der Waals surface area contributed by atoms with Gasteiger partial charge in [0.25, 0.3) is 5.91 Å². The average Bonchev–Trinajstić information content (AvgIpc) is 2.74. The molecule has 0 radical (unpaired) electrons. The zero-order valence-corrected chi connectivity index (χ0v) is 17.9. The number of carbonyl (C=O) groups excluding carboxylic acids is 1. The first-order valence-corrected chi connectivity index (χ1v) is 11.0. The molecule has 0 aliphatic carbocycles. The number of fused-ring (bicyclic) bond motifs is 1. The molecule has 4 rings (SSSR count). The fourth-order valence-corrected chi connectivity index (χ4v) is 4.54. The summed E-state index contributed by atoms with van der Waals surface area (Å²) >= 11 is 7.77. The summed E-state index contributed by atoms with van der Waals surface area (Å²) in [5.41, 5.74) is 5.40. The smallest absolute Gasteiger partial charge is 0.251 e. The van der Waals surface area contributed by atoms with Gasteiger partial charge in [-0.3, -0.25) is 4.79 Å². The van der Waals surface area contributed by atoms with Gasteiger partial charge in [-0.2, -0.15) is 0 Å². The van der Waals surface area contributed by atoms with Crippen molar-refractivity contribution in [2.45, 2.75) is 24.9 Å². The van der Waals surface area contributed by atoms with E-state index in [1.165, 1.54) is 16.0 Å². The normalized spacial score (nSPS) is 13.1. The molecule has 5 heteroatoms. The van der Waals surface area contributed by atoms with Crippen LogP contribution in [0.25, 0.3) is 0 Å². The average molecular weight is 423 g/mol. The molecule has 1 N–H and O–H groups in total. The van der Waals surface area contributed by atoms with E-state index in [0.29, 0.717) is 17.1 Å². The van der Waals surface area contributed by atoms with Gasteiger partial charge in [0.2, 0.25) is 0 Å². The third-order valence-electron chi connectivity index (χ3n) is 5.04. The number of aryl methyl sites for hydroxylation is 1. The Kier molecular flexibility index (Phi) is 6.12. The highest BCUT2D eigenvalue weighted by atomic mass is 35.5. The number of thioether (sulfide) groups is 1. The zero-order valence-electron chi connectivity index (χ0n) is 16.3. The van der Waals surface area contributed by atoms with Crippen molar-refractivity contribution in [1.29, 1.82) is 0 Å². The summed E-state index contributed by atoms with van der Waals surface area (Å²) in [5, 5.41) is 3.70. The Balaban J connectivity index is 1.49. The standard InChI is InChI=1S/C24H23ClN2OS/c1-17-2-4-19(5-3-17)16-27-12-13-29-23-11-8-20(14-22(23)27)24(28)26-15-18-6-9-21(25)10-7-18/h2-11,14H,12-13,15-16H2,1H3,(H,26,28). The van der Waals surface area contributed by atoms with E-state index < -0.39 is 0 Å². The van der Waals surface area contributed by atoms with E-state index in [1.54, 1.807) is 0 Å². The maximum Gasteiger partial charge on any atom is 0.251 e. The summed E-state index contributed by atoms with van der Waals surface area (Å²) < 4.78 is 0. The molecule has 3 aromatic rings. The van der Waals surface area contributed by atoms with E-state index in [2.05, 4.69) is 47.5 Å². The molecule has 1 heterocycles. The molecule has 0 saturated heterocycles. The number of anilines is 1. The SMILES string of the molecule is Cc1ccc(CN2CCSc3ccc(C(=O)NCc4ccc(Cl)cc4)cc32)cc1. The Bertz CT molecular complexity index is 1000. The second kappa shape index (κ2) is 8.93. The first-order valence-electron chi connectivity index (χ1n) is 9.68. The number of hydrogen-bond acceptors (Lipinski definition) is 3. The molecule has 0 spiro atoms. The van der Waals surface area contributed by atoms with Crippen LogP contribution in [0.4, 0.5) is 5.69 Å². The van der Waals surface area contributed by atoms with Crippen LogP contribution in [-0.4, -0.2) is 18.2 Å². The summed E-state index contributed by atoms with van der Waals surface area (Å²) in [5.74, 6) is 0.995. The second-order valence-corrected chi connectivity index (χ2v) is 8.82. The van der Waals surface area contributed by atoms with Crippen LogP contribution >= 0.6 is 23.4 Å². The van der Waals surface area contributed by atoms with Gasteiger partial charge in [0.15, 0.2) is 0 Å². The monoisotopic (exact) mass is 422 g/mol. The van der Waals surface area contributed by atoms with E-state index in [-0.39, 0.29) is 5.91 Å². The van der Waals surface area contributed by atoms with Gasteiger partial charge >= 0.3 is 0 Å². The summed E-state index contributed by atoms with van der Waals surface area (Å²) in [6.07, 6.45) is 0. The molecule has 148 valence electrons. The van der Waals surface area contributed by atoms with Gasteiger partial charge in [-0.1, -0.05) is 53.6 Å². The van der Waals surface area contributed by atoms with E-state index in [4.69, 9.17) is 11.6 Å². The zero-order chi connectivity index (χ0) is 20.2. The van der Waals surface area contributed by atoms with Crippen LogP contribution in [0, 0.1) is 6.92 Å². The minimum atomic E-state index is -0.0615. The molecule has 0 aromatic heterocycles. The molecular formula is C24H23ClN2OS. The van der Waals surface area contributed by atoms with E-state index >= 15 is 0 Å². The lowest BCUT2D eigenvalue weighted by atomic mass is 10.1. The minimum absolute atomic E-state index is 0.0615. The van der Waals surface area contributed by atoms with Crippen LogP contribution in [0.5, 0.6) is 0 Å².